The molecule has 7 heteroatoms. The largest absolute Gasteiger partial charge is 0.356 e. The van der Waals surface area contributed by atoms with Crippen LogP contribution in [-0.4, -0.2) is 25.4 Å². The summed E-state index contributed by atoms with van der Waals surface area (Å²) in [5.74, 6) is -0.361. The molecule has 0 aliphatic carbocycles. The van der Waals surface area contributed by atoms with Crippen LogP contribution in [0.1, 0.15) is 24.3 Å². The molecule has 0 bridgehead atoms. The van der Waals surface area contributed by atoms with Crippen LogP contribution in [0.15, 0.2) is 17.2 Å². The summed E-state index contributed by atoms with van der Waals surface area (Å²) in [4.78, 5) is 13.9. The highest BCUT2D eigenvalue weighted by atomic mass is 32.2. The summed E-state index contributed by atoms with van der Waals surface area (Å²) in [6.07, 6.45) is 1.19. The van der Waals surface area contributed by atoms with E-state index in [-0.39, 0.29) is 22.5 Å². The summed E-state index contributed by atoms with van der Waals surface area (Å²) in [5, 5.41) is 7.51. The van der Waals surface area contributed by atoms with Gasteiger partial charge in [-0.3, -0.25) is 4.79 Å². The zero-order valence-corrected chi connectivity index (χ0v) is 9.26. The SMILES string of the molecule is CC(C)NC(=O)c1cc(S(N)(=O)=O)c[nH]1. The molecule has 0 unspecified atom stereocenters. The Morgan fingerprint density at radius 2 is 2.13 bits per heavy atom. The molecule has 1 rings (SSSR count). The summed E-state index contributed by atoms with van der Waals surface area (Å²) in [5.41, 5.74) is 0.174. The highest BCUT2D eigenvalue weighted by molar-refractivity contribution is 7.89. The maximum absolute atomic E-state index is 11.4. The summed E-state index contributed by atoms with van der Waals surface area (Å²) >= 11 is 0. The summed E-state index contributed by atoms with van der Waals surface area (Å²) in [6, 6.07) is 1.19. The minimum absolute atomic E-state index is 0.0151. The van der Waals surface area contributed by atoms with Crippen LogP contribution in [0.5, 0.6) is 0 Å². The Kier molecular flexibility index (Phi) is 3.15. The van der Waals surface area contributed by atoms with Crippen LogP contribution in [0, 0.1) is 0 Å². The molecule has 0 aliphatic heterocycles. The fourth-order valence-corrected chi connectivity index (χ4v) is 1.52. The lowest BCUT2D eigenvalue weighted by atomic mass is 10.3. The van der Waals surface area contributed by atoms with Gasteiger partial charge in [-0.25, -0.2) is 13.6 Å². The molecule has 0 radical (unpaired) electrons. The molecule has 0 saturated heterocycles. The van der Waals surface area contributed by atoms with E-state index in [1.54, 1.807) is 13.8 Å². The lowest BCUT2D eigenvalue weighted by Crippen LogP contribution is -2.30. The molecule has 1 amide bonds. The van der Waals surface area contributed by atoms with Gasteiger partial charge in [-0.15, -0.1) is 0 Å². The molecule has 84 valence electrons. The van der Waals surface area contributed by atoms with E-state index in [4.69, 9.17) is 5.14 Å². The second kappa shape index (κ2) is 4.03. The van der Waals surface area contributed by atoms with Crippen LogP contribution in [0.4, 0.5) is 0 Å². The van der Waals surface area contributed by atoms with Crippen molar-refractivity contribution in [3.63, 3.8) is 0 Å². The van der Waals surface area contributed by atoms with Crippen LogP contribution >= 0.6 is 0 Å². The maximum Gasteiger partial charge on any atom is 0.267 e. The lowest BCUT2D eigenvalue weighted by Gasteiger charge is -2.05. The predicted octanol–water partition coefficient (Wildman–Crippen LogP) is -0.200. The van der Waals surface area contributed by atoms with Crippen molar-refractivity contribution in [2.24, 2.45) is 5.14 Å². The van der Waals surface area contributed by atoms with Gasteiger partial charge in [-0.1, -0.05) is 0 Å². The summed E-state index contributed by atoms with van der Waals surface area (Å²) in [7, 11) is -3.76. The molecule has 0 fully saturated rings. The Bertz CT molecular complexity index is 461. The molecule has 15 heavy (non-hydrogen) atoms. The Labute approximate surface area is 87.9 Å². The highest BCUT2D eigenvalue weighted by Gasteiger charge is 2.14. The molecule has 0 spiro atoms. The van der Waals surface area contributed by atoms with E-state index in [1.165, 1.54) is 12.3 Å². The second-order valence-electron chi connectivity index (χ2n) is 3.42. The Morgan fingerprint density at radius 1 is 1.53 bits per heavy atom. The average Bonchev–Trinajstić information content (AvgIpc) is 2.48. The van der Waals surface area contributed by atoms with Gasteiger partial charge in [-0.2, -0.15) is 0 Å². The standard InChI is InChI=1S/C8H13N3O3S/c1-5(2)11-8(12)7-3-6(4-10-7)15(9,13)14/h3-5,10H,1-2H3,(H,11,12)(H2,9,13,14). The topological polar surface area (TPSA) is 105 Å². The molecular weight excluding hydrogens is 218 g/mol. The van der Waals surface area contributed by atoms with Crippen LogP contribution in [0.2, 0.25) is 0 Å². The summed E-state index contributed by atoms with van der Waals surface area (Å²) in [6.45, 7) is 3.61. The van der Waals surface area contributed by atoms with Crippen molar-refractivity contribution < 1.29 is 13.2 Å². The second-order valence-corrected chi connectivity index (χ2v) is 4.98. The van der Waals surface area contributed by atoms with Crippen molar-refractivity contribution in [2.75, 3.05) is 0 Å². The molecular formula is C8H13N3O3S. The lowest BCUT2D eigenvalue weighted by molar-refractivity contribution is 0.0938. The van der Waals surface area contributed by atoms with E-state index in [0.29, 0.717) is 0 Å². The average molecular weight is 231 g/mol. The number of hydrogen-bond donors (Lipinski definition) is 3. The van der Waals surface area contributed by atoms with Gasteiger partial charge in [0.05, 0.1) is 4.90 Å². The highest BCUT2D eigenvalue weighted by Crippen LogP contribution is 2.08. The van der Waals surface area contributed by atoms with Crippen molar-refractivity contribution >= 4 is 15.9 Å². The third-order valence-electron chi connectivity index (χ3n) is 1.65. The van der Waals surface area contributed by atoms with Gasteiger partial charge >= 0.3 is 0 Å². The molecule has 0 aliphatic rings. The summed E-state index contributed by atoms with van der Waals surface area (Å²) < 4.78 is 21.8. The van der Waals surface area contributed by atoms with E-state index in [2.05, 4.69) is 10.3 Å². The molecule has 0 saturated carbocycles. The first-order valence-electron chi connectivity index (χ1n) is 4.33. The van der Waals surface area contributed by atoms with Crippen molar-refractivity contribution in [3.8, 4) is 0 Å². The van der Waals surface area contributed by atoms with Crippen molar-refractivity contribution in [2.45, 2.75) is 24.8 Å². The Balaban J connectivity index is 2.90. The zero-order chi connectivity index (χ0) is 11.6. The number of hydrogen-bond acceptors (Lipinski definition) is 3. The van der Waals surface area contributed by atoms with Gasteiger partial charge in [-0.05, 0) is 19.9 Å². The number of carbonyl (C=O) groups excluding carboxylic acids is 1. The minimum atomic E-state index is -3.76. The van der Waals surface area contributed by atoms with Crippen molar-refractivity contribution in [1.82, 2.24) is 10.3 Å². The van der Waals surface area contributed by atoms with Crippen LogP contribution in [0.3, 0.4) is 0 Å². The van der Waals surface area contributed by atoms with Crippen molar-refractivity contribution in [3.05, 3.63) is 18.0 Å². The van der Waals surface area contributed by atoms with Crippen LogP contribution < -0.4 is 10.5 Å². The number of amides is 1. The fraction of sp³-hybridized carbons (Fsp3) is 0.375. The number of carbonyl (C=O) groups is 1. The molecule has 0 aromatic carbocycles. The molecule has 1 aromatic heterocycles. The fourth-order valence-electron chi connectivity index (χ4n) is 1.01. The molecule has 1 heterocycles. The number of primary sulfonamides is 1. The Morgan fingerprint density at radius 3 is 2.53 bits per heavy atom. The number of rotatable bonds is 3. The van der Waals surface area contributed by atoms with E-state index < -0.39 is 10.0 Å². The first kappa shape index (κ1) is 11.7. The third-order valence-corrected chi connectivity index (χ3v) is 2.54. The predicted molar refractivity (Wildman–Crippen MR) is 54.8 cm³/mol. The first-order valence-corrected chi connectivity index (χ1v) is 5.87. The molecule has 0 atom stereocenters. The number of aromatic amines is 1. The van der Waals surface area contributed by atoms with E-state index in [0.717, 1.165) is 0 Å². The maximum atomic E-state index is 11.4. The van der Waals surface area contributed by atoms with Crippen LogP contribution in [-0.2, 0) is 10.0 Å². The van der Waals surface area contributed by atoms with E-state index >= 15 is 0 Å². The number of aromatic nitrogens is 1. The van der Waals surface area contributed by atoms with Crippen LogP contribution in [0.25, 0.3) is 0 Å². The Hall–Kier alpha value is -1.34. The third kappa shape index (κ3) is 3.07. The first-order chi connectivity index (χ1) is 6.80. The molecule has 6 nitrogen and oxygen atoms in total. The number of sulfonamides is 1. The number of H-pyrrole nitrogens is 1. The molecule has 4 N–H and O–H groups in total. The normalized spacial score (nSPS) is 11.7. The zero-order valence-electron chi connectivity index (χ0n) is 8.44. The number of nitrogens with one attached hydrogen (secondary N) is 2. The van der Waals surface area contributed by atoms with Gasteiger partial charge in [0.2, 0.25) is 10.0 Å². The smallest absolute Gasteiger partial charge is 0.267 e. The minimum Gasteiger partial charge on any atom is -0.356 e. The van der Waals surface area contributed by atoms with Gasteiger partial charge in [0, 0.05) is 12.2 Å². The van der Waals surface area contributed by atoms with Crippen molar-refractivity contribution in [1.29, 1.82) is 0 Å². The quantitative estimate of drug-likeness (QED) is 0.670. The van der Waals surface area contributed by atoms with Gasteiger partial charge in [0.1, 0.15) is 5.69 Å². The number of nitrogens with two attached hydrogens (primary N) is 1. The monoisotopic (exact) mass is 231 g/mol. The van der Waals surface area contributed by atoms with E-state index in [9.17, 15) is 13.2 Å². The van der Waals surface area contributed by atoms with Gasteiger partial charge in [0.15, 0.2) is 0 Å². The van der Waals surface area contributed by atoms with Gasteiger partial charge in [0.25, 0.3) is 5.91 Å². The van der Waals surface area contributed by atoms with E-state index in [1.807, 2.05) is 0 Å². The van der Waals surface area contributed by atoms with Gasteiger partial charge < -0.3 is 10.3 Å². The molecule has 1 aromatic rings.